The number of nitrogens with zero attached hydrogens (tertiary/aromatic N) is 5. The molecule has 2 heterocycles. The first-order valence-electron chi connectivity index (χ1n) is 9.09. The Morgan fingerprint density at radius 2 is 1.85 bits per heavy atom. The number of carbonyl (C=O) groups is 1. The van der Waals surface area contributed by atoms with E-state index in [1.807, 2.05) is 36.2 Å². The highest BCUT2D eigenvalue weighted by molar-refractivity contribution is 5.94. The number of amides is 1. The van der Waals surface area contributed by atoms with Gasteiger partial charge in [-0.05, 0) is 42.8 Å². The maximum Gasteiger partial charge on any atom is 0.253 e. The van der Waals surface area contributed by atoms with Gasteiger partial charge in [0.25, 0.3) is 5.91 Å². The molecule has 1 aliphatic heterocycles. The molecule has 0 bridgehead atoms. The van der Waals surface area contributed by atoms with E-state index >= 15 is 0 Å². The first kappa shape index (κ1) is 17.4. The van der Waals surface area contributed by atoms with Gasteiger partial charge in [0, 0.05) is 37.4 Å². The van der Waals surface area contributed by atoms with E-state index in [0.717, 1.165) is 18.7 Å². The molecular formula is C21H23N5O. The standard InChI is InChI=1S/C21H23N5O/c1-24-12-18-7-4-3-6-16(18)10-20(24)13-25(2)21(27)17-8-5-9-19(11-17)26-14-22-23-15-26/h3-9,11,14-15,20H,10,12-13H2,1-2H3/t20-/m1/s1. The fourth-order valence-corrected chi connectivity index (χ4v) is 3.68. The lowest BCUT2D eigenvalue weighted by molar-refractivity contribution is 0.0733. The molecule has 2 aromatic carbocycles. The Kier molecular flexibility index (Phi) is 4.73. The highest BCUT2D eigenvalue weighted by Gasteiger charge is 2.25. The van der Waals surface area contributed by atoms with E-state index in [1.165, 1.54) is 11.1 Å². The molecule has 27 heavy (non-hydrogen) atoms. The molecule has 138 valence electrons. The van der Waals surface area contributed by atoms with Crippen LogP contribution in [0.1, 0.15) is 21.5 Å². The van der Waals surface area contributed by atoms with Gasteiger partial charge in [-0.3, -0.25) is 14.3 Å². The second-order valence-electron chi connectivity index (χ2n) is 7.15. The largest absolute Gasteiger partial charge is 0.340 e. The molecule has 0 unspecified atom stereocenters. The van der Waals surface area contributed by atoms with Gasteiger partial charge in [-0.2, -0.15) is 0 Å². The Morgan fingerprint density at radius 1 is 1.11 bits per heavy atom. The SMILES string of the molecule is CN(C[C@H]1Cc2ccccc2CN1C)C(=O)c1cccc(-n2cnnc2)c1. The van der Waals surface area contributed by atoms with Gasteiger partial charge in [0.05, 0.1) is 0 Å². The number of aromatic nitrogens is 3. The Hall–Kier alpha value is -2.99. The highest BCUT2D eigenvalue weighted by atomic mass is 16.2. The van der Waals surface area contributed by atoms with Gasteiger partial charge in [0.15, 0.2) is 0 Å². The van der Waals surface area contributed by atoms with Crippen LogP contribution >= 0.6 is 0 Å². The predicted molar refractivity (Wildman–Crippen MR) is 104 cm³/mol. The van der Waals surface area contributed by atoms with Crippen LogP contribution in [0.4, 0.5) is 0 Å². The van der Waals surface area contributed by atoms with Crippen molar-refractivity contribution in [3.8, 4) is 5.69 Å². The zero-order chi connectivity index (χ0) is 18.8. The van der Waals surface area contributed by atoms with Crippen molar-refractivity contribution in [3.05, 3.63) is 77.9 Å². The second-order valence-corrected chi connectivity index (χ2v) is 7.15. The van der Waals surface area contributed by atoms with Gasteiger partial charge in [-0.25, -0.2) is 0 Å². The minimum absolute atomic E-state index is 0.0252. The van der Waals surface area contributed by atoms with Gasteiger partial charge >= 0.3 is 0 Å². The minimum Gasteiger partial charge on any atom is -0.340 e. The Labute approximate surface area is 159 Å². The van der Waals surface area contributed by atoms with Gasteiger partial charge < -0.3 is 4.90 Å². The molecule has 0 saturated heterocycles. The Bertz CT molecular complexity index is 937. The maximum atomic E-state index is 13.0. The van der Waals surface area contributed by atoms with Crippen LogP contribution in [-0.2, 0) is 13.0 Å². The highest BCUT2D eigenvalue weighted by Crippen LogP contribution is 2.22. The molecule has 0 radical (unpaired) electrons. The molecule has 1 aromatic heterocycles. The van der Waals surface area contributed by atoms with Crippen molar-refractivity contribution < 1.29 is 4.79 Å². The van der Waals surface area contributed by atoms with Crippen molar-refractivity contribution in [1.82, 2.24) is 24.6 Å². The van der Waals surface area contributed by atoms with Crippen LogP contribution in [0.3, 0.4) is 0 Å². The summed E-state index contributed by atoms with van der Waals surface area (Å²) >= 11 is 0. The number of carbonyl (C=O) groups excluding carboxylic acids is 1. The summed E-state index contributed by atoms with van der Waals surface area (Å²) in [6.45, 7) is 1.62. The van der Waals surface area contributed by atoms with E-state index < -0.39 is 0 Å². The molecule has 3 aromatic rings. The fraction of sp³-hybridized carbons (Fsp3) is 0.286. The number of rotatable bonds is 4. The summed E-state index contributed by atoms with van der Waals surface area (Å²) in [6, 6.07) is 16.4. The molecule has 1 amide bonds. The molecule has 0 fully saturated rings. The molecule has 1 atom stereocenters. The summed E-state index contributed by atoms with van der Waals surface area (Å²) < 4.78 is 1.79. The summed E-state index contributed by atoms with van der Waals surface area (Å²) in [7, 11) is 4.01. The summed E-state index contributed by atoms with van der Waals surface area (Å²) in [5, 5.41) is 7.65. The molecule has 6 nitrogen and oxygen atoms in total. The summed E-state index contributed by atoms with van der Waals surface area (Å²) in [4.78, 5) is 17.1. The summed E-state index contributed by atoms with van der Waals surface area (Å²) in [5.74, 6) is 0.0252. The van der Waals surface area contributed by atoms with E-state index in [1.54, 1.807) is 17.2 Å². The van der Waals surface area contributed by atoms with Crippen LogP contribution in [-0.4, -0.2) is 57.2 Å². The lowest BCUT2D eigenvalue weighted by Crippen LogP contribution is -2.46. The van der Waals surface area contributed by atoms with Crippen LogP contribution in [0.2, 0.25) is 0 Å². The minimum atomic E-state index is 0.0252. The molecule has 4 rings (SSSR count). The van der Waals surface area contributed by atoms with E-state index in [9.17, 15) is 4.79 Å². The van der Waals surface area contributed by atoms with Crippen molar-refractivity contribution in [1.29, 1.82) is 0 Å². The van der Waals surface area contributed by atoms with Gasteiger partial charge in [0.1, 0.15) is 12.7 Å². The molecule has 6 heteroatoms. The van der Waals surface area contributed by atoms with Crippen LogP contribution in [0.5, 0.6) is 0 Å². The lowest BCUT2D eigenvalue weighted by Gasteiger charge is -2.36. The third-order valence-electron chi connectivity index (χ3n) is 5.26. The number of hydrogen-bond acceptors (Lipinski definition) is 4. The molecule has 0 saturated carbocycles. The lowest BCUT2D eigenvalue weighted by atomic mass is 9.94. The zero-order valence-electron chi connectivity index (χ0n) is 15.6. The average Bonchev–Trinajstić information content (AvgIpc) is 3.23. The third-order valence-corrected chi connectivity index (χ3v) is 5.26. The maximum absolute atomic E-state index is 13.0. The monoisotopic (exact) mass is 361 g/mol. The average molecular weight is 361 g/mol. The Morgan fingerprint density at radius 3 is 2.63 bits per heavy atom. The summed E-state index contributed by atoms with van der Waals surface area (Å²) in [5.41, 5.74) is 4.31. The van der Waals surface area contributed by atoms with Crippen LogP contribution < -0.4 is 0 Å². The molecule has 1 aliphatic rings. The van der Waals surface area contributed by atoms with Crippen LogP contribution in [0.15, 0.2) is 61.2 Å². The van der Waals surface area contributed by atoms with E-state index in [0.29, 0.717) is 18.2 Å². The molecule has 0 aliphatic carbocycles. The summed E-state index contributed by atoms with van der Waals surface area (Å²) in [6.07, 6.45) is 4.22. The van der Waals surface area contributed by atoms with Crippen LogP contribution in [0.25, 0.3) is 5.69 Å². The van der Waals surface area contributed by atoms with Gasteiger partial charge in [-0.15, -0.1) is 10.2 Å². The normalized spacial score (nSPS) is 16.7. The van der Waals surface area contributed by atoms with Gasteiger partial charge in [-0.1, -0.05) is 30.3 Å². The second kappa shape index (κ2) is 7.32. The zero-order valence-corrected chi connectivity index (χ0v) is 15.6. The number of fused-ring (bicyclic) bond motifs is 1. The van der Waals surface area contributed by atoms with E-state index in [4.69, 9.17) is 0 Å². The number of likely N-dealkylation sites (N-methyl/N-ethyl adjacent to an activating group) is 2. The number of hydrogen-bond donors (Lipinski definition) is 0. The third kappa shape index (κ3) is 3.61. The van der Waals surface area contributed by atoms with E-state index in [2.05, 4.69) is 46.4 Å². The molecule has 0 spiro atoms. The van der Waals surface area contributed by atoms with Crippen molar-refractivity contribution in [2.24, 2.45) is 0 Å². The Balaban J connectivity index is 1.48. The van der Waals surface area contributed by atoms with Gasteiger partial charge in [0.2, 0.25) is 0 Å². The fourth-order valence-electron chi connectivity index (χ4n) is 3.68. The first-order chi connectivity index (χ1) is 13.1. The number of benzene rings is 2. The van der Waals surface area contributed by atoms with Crippen molar-refractivity contribution in [2.75, 3.05) is 20.6 Å². The predicted octanol–water partition coefficient (Wildman–Crippen LogP) is 2.40. The van der Waals surface area contributed by atoms with E-state index in [-0.39, 0.29) is 5.91 Å². The topological polar surface area (TPSA) is 54.3 Å². The van der Waals surface area contributed by atoms with Crippen LogP contribution in [0, 0.1) is 0 Å². The molecular weight excluding hydrogens is 338 g/mol. The molecule has 0 N–H and O–H groups in total. The van der Waals surface area contributed by atoms with Crippen molar-refractivity contribution >= 4 is 5.91 Å². The quantitative estimate of drug-likeness (QED) is 0.716. The first-order valence-corrected chi connectivity index (χ1v) is 9.09. The smallest absolute Gasteiger partial charge is 0.253 e. The van der Waals surface area contributed by atoms with Crippen molar-refractivity contribution in [3.63, 3.8) is 0 Å². The van der Waals surface area contributed by atoms with Crippen molar-refractivity contribution in [2.45, 2.75) is 19.0 Å².